The van der Waals surface area contributed by atoms with Gasteiger partial charge >= 0.3 is 5.97 Å². The maximum Gasteiger partial charge on any atom is 0.333 e. The molecule has 1 rings (SSSR count). The Bertz CT molecular complexity index is 736. The summed E-state index contributed by atoms with van der Waals surface area (Å²) in [6.07, 6.45) is 20.1. The lowest BCUT2D eigenvalue weighted by Gasteiger charge is -2.32. The number of carbonyl (C=O) groups excluding carboxylic acids is 1. The Morgan fingerprint density at radius 1 is 1.07 bits per heavy atom. The second-order valence-corrected chi connectivity index (χ2v) is 8.61. The molecule has 0 saturated heterocycles. The van der Waals surface area contributed by atoms with Gasteiger partial charge in [-0.3, -0.25) is 0 Å². The lowest BCUT2D eigenvalue weighted by atomic mass is 9.72. The number of ether oxygens (including phenoxy) is 1. The maximum atomic E-state index is 12.0. The molecule has 1 aliphatic rings. The van der Waals surface area contributed by atoms with Gasteiger partial charge in [-0.1, -0.05) is 86.4 Å². The molecule has 0 heterocycles. The summed E-state index contributed by atoms with van der Waals surface area (Å²) >= 11 is 0. The van der Waals surface area contributed by atoms with E-state index in [9.17, 15) is 4.79 Å². The van der Waals surface area contributed by atoms with Gasteiger partial charge in [0.15, 0.2) is 0 Å². The molecule has 0 amide bonds. The van der Waals surface area contributed by atoms with E-state index in [2.05, 4.69) is 65.0 Å². The number of hydrogen-bond acceptors (Lipinski definition) is 2. The van der Waals surface area contributed by atoms with Crippen molar-refractivity contribution in [2.45, 2.75) is 80.6 Å². The molecule has 0 fully saturated rings. The lowest BCUT2D eigenvalue weighted by molar-refractivity contribution is -0.138. The molecular formula is C27H40O2. The van der Waals surface area contributed by atoms with Gasteiger partial charge in [-0.15, -0.1) is 0 Å². The van der Waals surface area contributed by atoms with Crippen LogP contribution in [0.15, 0.2) is 70.4 Å². The van der Waals surface area contributed by atoms with Crippen molar-refractivity contribution < 1.29 is 9.53 Å². The smallest absolute Gasteiger partial charge is 0.333 e. The van der Waals surface area contributed by atoms with Gasteiger partial charge in [-0.25, -0.2) is 4.79 Å². The molecule has 0 aliphatic heterocycles. The summed E-state index contributed by atoms with van der Waals surface area (Å²) in [4.78, 5) is 12.0. The van der Waals surface area contributed by atoms with Gasteiger partial charge in [0.05, 0.1) is 6.61 Å². The molecule has 0 aromatic carbocycles. The Balaban J connectivity index is 2.81. The molecule has 0 unspecified atom stereocenters. The lowest BCUT2D eigenvalue weighted by Crippen LogP contribution is -2.19. The summed E-state index contributed by atoms with van der Waals surface area (Å²) in [7, 11) is 0. The summed E-state index contributed by atoms with van der Waals surface area (Å²) in [6, 6.07) is 0. The van der Waals surface area contributed by atoms with E-state index in [4.69, 9.17) is 4.74 Å². The molecule has 2 heteroatoms. The van der Waals surface area contributed by atoms with Gasteiger partial charge in [-0.2, -0.15) is 0 Å². The van der Waals surface area contributed by atoms with E-state index in [1.54, 1.807) is 0 Å². The summed E-state index contributed by atoms with van der Waals surface area (Å²) in [5.74, 6) is -0.210. The Labute approximate surface area is 178 Å². The van der Waals surface area contributed by atoms with Crippen LogP contribution in [0.5, 0.6) is 0 Å². The van der Waals surface area contributed by atoms with Crippen molar-refractivity contribution in [2.24, 2.45) is 5.41 Å². The monoisotopic (exact) mass is 396 g/mol. The normalized spacial score (nSPS) is 18.8. The quantitative estimate of drug-likeness (QED) is 0.226. The zero-order valence-electron chi connectivity index (χ0n) is 19.6. The van der Waals surface area contributed by atoms with Gasteiger partial charge in [0, 0.05) is 5.57 Å². The molecule has 0 bridgehead atoms. The van der Waals surface area contributed by atoms with E-state index in [1.165, 1.54) is 36.0 Å². The molecular weight excluding hydrogens is 356 g/mol. The van der Waals surface area contributed by atoms with E-state index in [0.717, 1.165) is 24.0 Å². The summed E-state index contributed by atoms with van der Waals surface area (Å²) in [6.45, 7) is 15.4. The first-order chi connectivity index (χ1) is 13.7. The van der Waals surface area contributed by atoms with Crippen molar-refractivity contribution in [2.75, 3.05) is 6.61 Å². The van der Waals surface area contributed by atoms with Crippen LogP contribution in [0.25, 0.3) is 0 Å². The van der Waals surface area contributed by atoms with E-state index >= 15 is 0 Å². The van der Waals surface area contributed by atoms with Crippen molar-refractivity contribution in [3.63, 3.8) is 0 Å². The predicted molar refractivity (Wildman–Crippen MR) is 126 cm³/mol. The molecule has 0 saturated carbocycles. The summed E-state index contributed by atoms with van der Waals surface area (Å²) in [5, 5.41) is 0. The minimum Gasteiger partial charge on any atom is -0.463 e. The van der Waals surface area contributed by atoms with Gasteiger partial charge in [0.25, 0.3) is 0 Å². The van der Waals surface area contributed by atoms with E-state index in [1.807, 2.05) is 26.0 Å². The first kappa shape index (κ1) is 24.9. The van der Waals surface area contributed by atoms with Crippen LogP contribution < -0.4 is 0 Å². The third-order valence-corrected chi connectivity index (χ3v) is 5.38. The van der Waals surface area contributed by atoms with Crippen LogP contribution >= 0.6 is 0 Å². The standard InChI is InChI=1S/C27H40O2/c1-8-12-24(26(28)29-9-2)18-16-21(3)13-10-14-22(4)17-19-25-23(5)15-11-20-27(25,6)7/h10,13-14,16-19H,8-9,11-12,15,20H2,1-7H3/b13-10+,19-17+,21-16+,22-14+,24-18+. The van der Waals surface area contributed by atoms with E-state index in [0.29, 0.717) is 6.61 Å². The van der Waals surface area contributed by atoms with Crippen molar-refractivity contribution in [1.29, 1.82) is 0 Å². The molecule has 0 radical (unpaired) electrons. The number of carbonyl (C=O) groups is 1. The largest absolute Gasteiger partial charge is 0.463 e. The van der Waals surface area contributed by atoms with Crippen LogP contribution in [0, 0.1) is 5.41 Å². The van der Waals surface area contributed by atoms with Crippen LogP contribution in [0.4, 0.5) is 0 Å². The number of hydrogen-bond donors (Lipinski definition) is 0. The predicted octanol–water partition coefficient (Wildman–Crippen LogP) is 7.81. The van der Waals surface area contributed by atoms with Gasteiger partial charge in [-0.05, 0) is 64.4 Å². The second-order valence-electron chi connectivity index (χ2n) is 8.61. The Kier molecular flexibility index (Phi) is 10.7. The average molecular weight is 397 g/mol. The highest BCUT2D eigenvalue weighted by Gasteiger charge is 2.26. The Morgan fingerprint density at radius 2 is 1.76 bits per heavy atom. The fraction of sp³-hybridized carbons (Fsp3) is 0.519. The molecule has 0 N–H and O–H groups in total. The molecule has 1 aliphatic carbocycles. The van der Waals surface area contributed by atoms with Crippen LogP contribution in [0.3, 0.4) is 0 Å². The van der Waals surface area contributed by atoms with Crippen molar-refractivity contribution >= 4 is 5.97 Å². The number of rotatable bonds is 9. The van der Waals surface area contributed by atoms with Crippen LogP contribution in [0.2, 0.25) is 0 Å². The fourth-order valence-electron chi connectivity index (χ4n) is 3.67. The third-order valence-electron chi connectivity index (χ3n) is 5.38. The summed E-state index contributed by atoms with van der Waals surface area (Å²) in [5.41, 5.74) is 6.35. The van der Waals surface area contributed by atoms with Gasteiger partial charge < -0.3 is 4.74 Å². The van der Waals surface area contributed by atoms with Gasteiger partial charge in [0.2, 0.25) is 0 Å². The zero-order chi connectivity index (χ0) is 21.9. The third kappa shape index (κ3) is 8.85. The fourth-order valence-corrected chi connectivity index (χ4v) is 3.67. The van der Waals surface area contributed by atoms with Gasteiger partial charge in [0.1, 0.15) is 0 Å². The molecule has 2 nitrogen and oxygen atoms in total. The van der Waals surface area contributed by atoms with Crippen molar-refractivity contribution in [3.05, 3.63) is 70.4 Å². The van der Waals surface area contributed by atoms with Crippen molar-refractivity contribution in [3.8, 4) is 0 Å². The van der Waals surface area contributed by atoms with Crippen LogP contribution in [-0.4, -0.2) is 12.6 Å². The first-order valence-electron chi connectivity index (χ1n) is 11.0. The van der Waals surface area contributed by atoms with E-state index < -0.39 is 0 Å². The average Bonchev–Trinajstić information content (AvgIpc) is 2.64. The highest BCUT2D eigenvalue weighted by Crippen LogP contribution is 2.40. The topological polar surface area (TPSA) is 26.3 Å². The molecule has 160 valence electrons. The van der Waals surface area contributed by atoms with Crippen LogP contribution in [-0.2, 0) is 9.53 Å². The number of allylic oxidation sites excluding steroid dienone is 11. The molecule has 0 aromatic rings. The second kappa shape index (κ2) is 12.5. The SMILES string of the molecule is CCC\C(=C/C=C(C)/C=C/C=C(C)/C=C/C1=C(C)CCCC1(C)C)C(=O)OCC. The minimum atomic E-state index is -0.210. The number of esters is 1. The highest BCUT2D eigenvalue weighted by atomic mass is 16.5. The highest BCUT2D eigenvalue weighted by molar-refractivity contribution is 5.88. The zero-order valence-corrected chi connectivity index (χ0v) is 19.6. The molecule has 29 heavy (non-hydrogen) atoms. The van der Waals surface area contributed by atoms with Crippen LogP contribution in [0.1, 0.15) is 80.6 Å². The Hall–Kier alpha value is -2.09. The molecule has 0 aromatic heterocycles. The molecule has 0 atom stereocenters. The maximum absolute atomic E-state index is 12.0. The molecule has 0 spiro atoms. The van der Waals surface area contributed by atoms with Crippen molar-refractivity contribution in [1.82, 2.24) is 0 Å². The Morgan fingerprint density at radius 3 is 2.38 bits per heavy atom. The van der Waals surface area contributed by atoms with E-state index in [-0.39, 0.29) is 11.4 Å². The first-order valence-corrected chi connectivity index (χ1v) is 11.0. The summed E-state index contributed by atoms with van der Waals surface area (Å²) < 4.78 is 5.13. The minimum absolute atomic E-state index is 0.210.